The molecule has 0 saturated heterocycles. The maximum absolute atomic E-state index is 13.4. The Morgan fingerprint density at radius 2 is 1.55 bits per heavy atom. The molecule has 0 radical (unpaired) electrons. The zero-order valence-corrected chi connectivity index (χ0v) is 15.8. The number of amides is 1. The lowest BCUT2D eigenvalue weighted by Crippen LogP contribution is -2.19. The number of hydrogen-bond acceptors (Lipinski definition) is 2. The Morgan fingerprint density at radius 1 is 0.903 bits per heavy atom. The van der Waals surface area contributed by atoms with Crippen molar-refractivity contribution in [2.75, 3.05) is 0 Å². The smallest absolute Gasteiger partial charge is 0.416 e. The van der Waals surface area contributed by atoms with E-state index in [1.807, 2.05) is 0 Å². The minimum Gasteiger partial charge on any atom is -0.465 e. The molecule has 8 heteroatoms. The zero-order chi connectivity index (χ0) is 22.2. The van der Waals surface area contributed by atoms with Crippen LogP contribution in [0.25, 0.3) is 33.2 Å². The molecule has 0 aliphatic rings. The van der Waals surface area contributed by atoms with Gasteiger partial charge in [-0.05, 0) is 59.2 Å². The lowest BCUT2D eigenvalue weighted by atomic mass is 9.96. The zero-order valence-electron chi connectivity index (χ0n) is 15.8. The van der Waals surface area contributed by atoms with Crippen molar-refractivity contribution in [3.63, 3.8) is 0 Å². The fourth-order valence-corrected chi connectivity index (χ4v) is 3.32. The van der Waals surface area contributed by atoms with Crippen molar-refractivity contribution in [1.29, 1.82) is 0 Å². The minimum atomic E-state index is -4.43. The molecule has 0 bridgehead atoms. The summed E-state index contributed by atoms with van der Waals surface area (Å²) >= 11 is 0. The van der Waals surface area contributed by atoms with E-state index in [1.54, 1.807) is 30.3 Å². The molecule has 0 saturated carbocycles. The highest BCUT2D eigenvalue weighted by atomic mass is 19.4. The number of carboxylic acid groups (broad SMARTS) is 1. The van der Waals surface area contributed by atoms with Gasteiger partial charge in [-0.15, -0.1) is 0 Å². The maximum atomic E-state index is 13.4. The molecule has 0 aliphatic heterocycles. The summed E-state index contributed by atoms with van der Waals surface area (Å²) in [7, 11) is 0. The van der Waals surface area contributed by atoms with Gasteiger partial charge in [0.25, 0.3) is 0 Å². The molecule has 31 heavy (non-hydrogen) atoms. The van der Waals surface area contributed by atoms with Crippen LogP contribution in [0.1, 0.15) is 11.3 Å². The van der Waals surface area contributed by atoms with E-state index in [1.165, 1.54) is 24.3 Å². The van der Waals surface area contributed by atoms with Gasteiger partial charge in [0, 0.05) is 10.9 Å². The van der Waals surface area contributed by atoms with Crippen LogP contribution in [-0.4, -0.2) is 11.2 Å². The molecule has 3 aromatic carbocycles. The van der Waals surface area contributed by atoms with Crippen molar-refractivity contribution in [3.8, 4) is 22.3 Å². The van der Waals surface area contributed by atoms with E-state index in [0.29, 0.717) is 39.0 Å². The Labute approximate surface area is 173 Å². The number of fused-ring (bicyclic) bond motifs is 1. The van der Waals surface area contributed by atoms with Crippen LogP contribution >= 0.6 is 0 Å². The molecule has 1 heterocycles. The second-order valence-corrected chi connectivity index (χ2v) is 6.90. The van der Waals surface area contributed by atoms with Gasteiger partial charge in [0.2, 0.25) is 0 Å². The summed E-state index contributed by atoms with van der Waals surface area (Å²) in [5.41, 5.74) is 2.16. The molecular weight excluding hydrogens is 414 g/mol. The number of benzene rings is 3. The van der Waals surface area contributed by atoms with Crippen molar-refractivity contribution in [2.24, 2.45) is 0 Å². The highest BCUT2D eigenvalue weighted by Gasteiger charge is 2.30. The molecule has 0 fully saturated rings. The van der Waals surface area contributed by atoms with Crippen molar-refractivity contribution < 1.29 is 31.9 Å². The first-order valence-electron chi connectivity index (χ1n) is 9.17. The molecule has 158 valence electrons. The topological polar surface area (TPSA) is 62.5 Å². The summed E-state index contributed by atoms with van der Waals surface area (Å²) in [6.45, 7) is -0.0531. The number of furan rings is 1. The Bertz CT molecular complexity index is 1240. The van der Waals surface area contributed by atoms with Gasteiger partial charge in [0.05, 0.1) is 12.1 Å². The number of halogens is 4. The van der Waals surface area contributed by atoms with Gasteiger partial charge >= 0.3 is 12.3 Å². The van der Waals surface area contributed by atoms with Crippen molar-refractivity contribution in [2.45, 2.75) is 12.7 Å². The van der Waals surface area contributed by atoms with Crippen LogP contribution in [-0.2, 0) is 12.7 Å². The summed E-state index contributed by atoms with van der Waals surface area (Å²) in [6, 6.07) is 15.7. The van der Waals surface area contributed by atoms with Crippen LogP contribution in [0.15, 0.2) is 71.1 Å². The molecule has 2 N–H and O–H groups in total. The third kappa shape index (κ3) is 4.37. The fourth-order valence-electron chi connectivity index (χ4n) is 3.32. The molecule has 1 aromatic heterocycles. The number of alkyl halides is 3. The number of carbonyl (C=O) groups is 1. The van der Waals surface area contributed by atoms with Crippen LogP contribution in [0.5, 0.6) is 0 Å². The third-order valence-corrected chi connectivity index (χ3v) is 4.78. The Balaban J connectivity index is 1.84. The minimum absolute atomic E-state index is 0.0531. The summed E-state index contributed by atoms with van der Waals surface area (Å²) in [5.74, 6) is -0.0463. The van der Waals surface area contributed by atoms with E-state index in [9.17, 15) is 22.4 Å². The third-order valence-electron chi connectivity index (χ3n) is 4.78. The normalized spacial score (nSPS) is 11.6. The lowest BCUT2D eigenvalue weighted by Gasteiger charge is -2.10. The lowest BCUT2D eigenvalue weighted by molar-refractivity contribution is -0.137. The summed E-state index contributed by atoms with van der Waals surface area (Å²) < 4.78 is 57.9. The van der Waals surface area contributed by atoms with Gasteiger partial charge in [0.15, 0.2) is 0 Å². The van der Waals surface area contributed by atoms with Crippen LogP contribution in [0.4, 0.5) is 22.4 Å². The monoisotopic (exact) mass is 429 g/mol. The fraction of sp³-hybridized carbons (Fsp3) is 0.0870. The second-order valence-electron chi connectivity index (χ2n) is 6.90. The van der Waals surface area contributed by atoms with Crippen molar-refractivity contribution >= 4 is 17.1 Å². The highest BCUT2D eigenvalue weighted by molar-refractivity contribution is 5.97. The molecule has 0 unspecified atom stereocenters. The molecule has 0 spiro atoms. The van der Waals surface area contributed by atoms with E-state index >= 15 is 0 Å². The summed E-state index contributed by atoms with van der Waals surface area (Å²) in [5, 5.41) is 11.7. The number of rotatable bonds is 4. The van der Waals surface area contributed by atoms with E-state index in [2.05, 4.69) is 5.32 Å². The molecule has 0 aliphatic carbocycles. The first-order valence-corrected chi connectivity index (χ1v) is 9.17. The maximum Gasteiger partial charge on any atom is 0.416 e. The second kappa shape index (κ2) is 7.79. The molecule has 4 nitrogen and oxygen atoms in total. The standard InChI is InChI=1S/C23H15F4NO3/c24-18-7-3-14(4-8-18)20-11-15(13-1-5-17(6-2-13)23(25,26)27)9-16-10-19(31-21(16)20)12-28-22(29)30/h1-11,28H,12H2,(H,29,30). The SMILES string of the molecule is O=C(O)NCc1cc2cc(-c3ccc(C(F)(F)F)cc3)cc(-c3ccc(F)cc3)c2o1. The largest absolute Gasteiger partial charge is 0.465 e. The predicted molar refractivity (Wildman–Crippen MR) is 107 cm³/mol. The van der Waals surface area contributed by atoms with Crippen LogP contribution in [0.2, 0.25) is 0 Å². The molecule has 1 amide bonds. The molecule has 4 aromatic rings. The molecular formula is C23H15F4NO3. The van der Waals surface area contributed by atoms with E-state index in [-0.39, 0.29) is 6.54 Å². The molecule has 0 atom stereocenters. The number of nitrogens with one attached hydrogen (secondary N) is 1. The van der Waals surface area contributed by atoms with Gasteiger partial charge in [-0.2, -0.15) is 13.2 Å². The van der Waals surface area contributed by atoms with Crippen LogP contribution in [0, 0.1) is 5.82 Å². The van der Waals surface area contributed by atoms with Gasteiger partial charge in [0.1, 0.15) is 17.2 Å². The van der Waals surface area contributed by atoms with E-state index in [0.717, 1.165) is 12.1 Å². The summed E-state index contributed by atoms with van der Waals surface area (Å²) in [4.78, 5) is 10.8. The van der Waals surface area contributed by atoms with E-state index in [4.69, 9.17) is 9.52 Å². The van der Waals surface area contributed by atoms with Gasteiger partial charge < -0.3 is 14.8 Å². The highest BCUT2D eigenvalue weighted by Crippen LogP contribution is 2.37. The quantitative estimate of drug-likeness (QED) is 0.355. The Morgan fingerprint density at radius 3 is 2.16 bits per heavy atom. The predicted octanol–water partition coefficient (Wildman–Crippen LogP) is 6.69. The van der Waals surface area contributed by atoms with Gasteiger partial charge in [-0.1, -0.05) is 24.3 Å². The summed E-state index contributed by atoms with van der Waals surface area (Å²) in [6.07, 6.45) is -5.64. The first kappa shape index (κ1) is 20.5. The number of hydrogen-bond donors (Lipinski definition) is 2. The Hall–Kier alpha value is -3.81. The van der Waals surface area contributed by atoms with Crippen molar-refractivity contribution in [1.82, 2.24) is 5.32 Å². The Kier molecular flexibility index (Phi) is 5.14. The van der Waals surface area contributed by atoms with Gasteiger partial charge in [-0.25, -0.2) is 9.18 Å². The van der Waals surface area contributed by atoms with Crippen LogP contribution in [0.3, 0.4) is 0 Å². The van der Waals surface area contributed by atoms with Crippen LogP contribution < -0.4 is 5.32 Å². The molecule has 4 rings (SSSR count). The first-order chi connectivity index (χ1) is 14.7. The van der Waals surface area contributed by atoms with Gasteiger partial charge in [-0.3, -0.25) is 0 Å². The van der Waals surface area contributed by atoms with Crippen molar-refractivity contribution in [3.05, 3.63) is 83.9 Å². The average Bonchev–Trinajstić information content (AvgIpc) is 3.15. The average molecular weight is 429 g/mol. The van der Waals surface area contributed by atoms with E-state index < -0.39 is 23.7 Å².